The lowest BCUT2D eigenvalue weighted by Crippen LogP contribution is -2.58. The van der Waals surface area contributed by atoms with Gasteiger partial charge >= 0.3 is 5.97 Å². The van der Waals surface area contributed by atoms with Crippen LogP contribution in [0.1, 0.15) is 31.7 Å². The normalized spacial score (nSPS) is 33.8. The van der Waals surface area contributed by atoms with Gasteiger partial charge < -0.3 is 4.74 Å². The van der Waals surface area contributed by atoms with Crippen LogP contribution in [-0.2, 0) is 14.9 Å². The molecule has 3 heterocycles. The molecule has 4 aliphatic rings. The van der Waals surface area contributed by atoms with Crippen LogP contribution >= 0.6 is 27.7 Å². The molecule has 0 radical (unpaired) electrons. The number of benzene rings is 1. The lowest BCUT2D eigenvalue weighted by atomic mass is 9.55. The second kappa shape index (κ2) is 5.85. The van der Waals surface area contributed by atoms with Crippen LogP contribution in [0.3, 0.4) is 0 Å². The number of hydrogen-bond acceptors (Lipinski definition) is 4. The highest BCUT2D eigenvalue weighted by atomic mass is 79.9. The van der Waals surface area contributed by atoms with Gasteiger partial charge in [0, 0.05) is 40.8 Å². The first kappa shape index (κ1) is 17.8. The fourth-order valence-corrected chi connectivity index (χ4v) is 6.90. The highest BCUT2D eigenvalue weighted by molar-refractivity contribution is 9.10. The van der Waals surface area contributed by atoms with Gasteiger partial charge in [0.05, 0.1) is 29.5 Å². The summed E-state index contributed by atoms with van der Waals surface area (Å²) in [5.41, 5.74) is 3.53. The van der Waals surface area contributed by atoms with E-state index in [9.17, 15) is 4.79 Å². The highest BCUT2D eigenvalue weighted by Crippen LogP contribution is 2.66. The van der Waals surface area contributed by atoms with Gasteiger partial charge in [-0.3, -0.25) is 9.32 Å². The van der Waals surface area contributed by atoms with Gasteiger partial charge in [-0.2, -0.15) is 0 Å². The number of ether oxygens (including phenoxy) is 1. The van der Waals surface area contributed by atoms with Crippen molar-refractivity contribution in [2.75, 3.05) is 24.6 Å². The van der Waals surface area contributed by atoms with Crippen LogP contribution in [0, 0.1) is 5.41 Å². The average molecular weight is 450 g/mol. The zero-order chi connectivity index (χ0) is 19.0. The summed E-state index contributed by atoms with van der Waals surface area (Å²) in [6.45, 7) is 4.20. The molecular formula is C21H22BrClN2O2. The summed E-state index contributed by atoms with van der Waals surface area (Å²) in [7, 11) is 1.46. The molecule has 0 N–H and O–H groups in total. The molecule has 5 rings (SSSR count). The number of carbonyl (C=O) groups excluding carboxylic acids is 1. The van der Waals surface area contributed by atoms with E-state index in [1.807, 2.05) is 6.07 Å². The number of rotatable bonds is 2. The second-order valence-electron chi connectivity index (χ2n) is 8.05. The van der Waals surface area contributed by atoms with E-state index in [1.165, 1.54) is 12.7 Å². The SMILES string of the molecule is CC[C@]12C=CCN3CC[C@]4(C(=C(C(=O)OC)C1)N(Cl)c1ccc(Br)cc14)[C@@H]32. The van der Waals surface area contributed by atoms with Crippen molar-refractivity contribution in [1.29, 1.82) is 0 Å². The van der Waals surface area contributed by atoms with Crippen LogP contribution in [0.25, 0.3) is 0 Å². The Hall–Kier alpha value is -1.30. The molecular weight excluding hydrogens is 428 g/mol. The van der Waals surface area contributed by atoms with Crippen LogP contribution in [-0.4, -0.2) is 37.1 Å². The first-order valence-corrected chi connectivity index (χ1v) is 10.6. The van der Waals surface area contributed by atoms with Crippen molar-refractivity contribution in [2.24, 2.45) is 5.41 Å². The maximum atomic E-state index is 12.9. The molecule has 0 unspecified atom stereocenters. The Kier molecular flexibility index (Phi) is 3.85. The summed E-state index contributed by atoms with van der Waals surface area (Å²) in [5.74, 6) is -0.259. The molecule has 27 heavy (non-hydrogen) atoms. The molecule has 1 aliphatic carbocycles. The molecule has 4 nitrogen and oxygen atoms in total. The standard InChI is InChI=1S/C21H22BrClN2O2/c1-3-20-7-4-9-24-10-8-21(19(20)24)15-11-13(22)5-6-16(15)25(23)17(21)14(12-20)18(26)27-2/h4-7,11,19H,3,8-10,12H2,1-2H3/t19-,20-,21-/m0/s1. The van der Waals surface area contributed by atoms with E-state index in [1.54, 1.807) is 4.42 Å². The molecule has 0 bridgehead atoms. The van der Waals surface area contributed by atoms with E-state index in [-0.39, 0.29) is 16.8 Å². The van der Waals surface area contributed by atoms with E-state index < -0.39 is 0 Å². The molecule has 1 saturated heterocycles. The van der Waals surface area contributed by atoms with E-state index in [0.717, 1.165) is 47.4 Å². The van der Waals surface area contributed by atoms with Crippen molar-refractivity contribution in [1.82, 2.24) is 4.90 Å². The molecule has 1 aromatic rings. The lowest BCUT2D eigenvalue weighted by molar-refractivity contribution is -0.137. The maximum absolute atomic E-state index is 12.9. The van der Waals surface area contributed by atoms with Crippen LogP contribution in [0.2, 0.25) is 0 Å². The molecule has 142 valence electrons. The summed E-state index contributed by atoms with van der Waals surface area (Å²) in [6.07, 6.45) is 7.24. The molecule has 1 aromatic carbocycles. The molecule has 0 saturated carbocycles. The predicted molar refractivity (Wildman–Crippen MR) is 110 cm³/mol. The fraction of sp³-hybridized carbons (Fsp3) is 0.476. The topological polar surface area (TPSA) is 32.8 Å². The number of methoxy groups -OCH3 is 1. The number of carbonyl (C=O) groups is 1. The van der Waals surface area contributed by atoms with Gasteiger partial charge in [0.1, 0.15) is 0 Å². The van der Waals surface area contributed by atoms with Crippen molar-refractivity contribution >= 4 is 39.4 Å². The van der Waals surface area contributed by atoms with Gasteiger partial charge in [0.15, 0.2) is 0 Å². The minimum absolute atomic E-state index is 0.0799. The minimum Gasteiger partial charge on any atom is -0.466 e. The van der Waals surface area contributed by atoms with E-state index in [2.05, 4.69) is 52.0 Å². The summed E-state index contributed by atoms with van der Waals surface area (Å²) >= 11 is 10.5. The van der Waals surface area contributed by atoms with Crippen molar-refractivity contribution in [3.63, 3.8) is 0 Å². The smallest absolute Gasteiger partial charge is 0.335 e. The molecule has 3 aliphatic heterocycles. The highest BCUT2D eigenvalue weighted by Gasteiger charge is 2.67. The summed E-state index contributed by atoms with van der Waals surface area (Å²) in [6, 6.07) is 6.57. The molecule has 0 aromatic heterocycles. The Morgan fingerprint density at radius 3 is 3.00 bits per heavy atom. The van der Waals surface area contributed by atoms with Crippen molar-refractivity contribution in [2.45, 2.75) is 37.6 Å². The Labute approximate surface area is 173 Å². The van der Waals surface area contributed by atoms with Gasteiger partial charge in [0.25, 0.3) is 0 Å². The molecule has 1 spiro atoms. The van der Waals surface area contributed by atoms with E-state index in [0.29, 0.717) is 12.5 Å². The summed E-state index contributed by atoms with van der Waals surface area (Å²) < 4.78 is 7.98. The number of anilines is 1. The Morgan fingerprint density at radius 1 is 1.44 bits per heavy atom. The zero-order valence-electron chi connectivity index (χ0n) is 15.5. The number of hydrogen-bond donors (Lipinski definition) is 0. The van der Waals surface area contributed by atoms with Gasteiger partial charge in [-0.1, -0.05) is 35.0 Å². The summed E-state index contributed by atoms with van der Waals surface area (Å²) in [5, 5.41) is 0. The molecule has 1 fully saturated rings. The van der Waals surface area contributed by atoms with Crippen LogP contribution in [0.4, 0.5) is 5.69 Å². The zero-order valence-corrected chi connectivity index (χ0v) is 17.8. The van der Waals surface area contributed by atoms with Crippen molar-refractivity contribution in [3.8, 4) is 0 Å². The van der Waals surface area contributed by atoms with Crippen LogP contribution in [0.15, 0.2) is 46.1 Å². The minimum atomic E-state index is -0.274. The number of nitrogens with zero attached hydrogens (tertiary/aromatic N) is 2. The van der Waals surface area contributed by atoms with E-state index >= 15 is 0 Å². The Balaban J connectivity index is 1.87. The number of esters is 1. The molecule has 3 atom stereocenters. The lowest BCUT2D eigenvalue weighted by Gasteiger charge is -2.53. The maximum Gasteiger partial charge on any atom is 0.335 e. The van der Waals surface area contributed by atoms with Gasteiger partial charge in [-0.15, -0.1) is 0 Å². The second-order valence-corrected chi connectivity index (χ2v) is 9.30. The first-order valence-electron chi connectivity index (χ1n) is 9.48. The van der Waals surface area contributed by atoms with Crippen LogP contribution < -0.4 is 4.42 Å². The predicted octanol–water partition coefficient (Wildman–Crippen LogP) is 4.53. The Morgan fingerprint density at radius 2 is 2.26 bits per heavy atom. The largest absolute Gasteiger partial charge is 0.466 e. The monoisotopic (exact) mass is 448 g/mol. The molecule has 6 heteroatoms. The fourth-order valence-electron chi connectivity index (χ4n) is 6.14. The van der Waals surface area contributed by atoms with Gasteiger partial charge in [-0.05, 0) is 43.0 Å². The molecule has 0 amide bonds. The number of fused-ring (bicyclic) bond motifs is 1. The average Bonchev–Trinajstić information content (AvgIpc) is 3.19. The van der Waals surface area contributed by atoms with Crippen molar-refractivity contribution < 1.29 is 9.53 Å². The third kappa shape index (κ3) is 2.05. The third-order valence-corrected chi connectivity index (χ3v) is 7.96. The van der Waals surface area contributed by atoms with E-state index in [4.69, 9.17) is 16.5 Å². The quantitative estimate of drug-likeness (QED) is 0.377. The third-order valence-electron chi connectivity index (χ3n) is 7.11. The number of halogens is 2. The van der Waals surface area contributed by atoms with Gasteiger partial charge in [0.2, 0.25) is 0 Å². The van der Waals surface area contributed by atoms with Crippen molar-refractivity contribution in [3.05, 3.63) is 51.7 Å². The Bertz CT molecular complexity index is 913. The first-order chi connectivity index (χ1) is 13.0. The summed E-state index contributed by atoms with van der Waals surface area (Å²) in [4.78, 5) is 15.4. The van der Waals surface area contributed by atoms with Crippen LogP contribution in [0.5, 0.6) is 0 Å². The van der Waals surface area contributed by atoms with Gasteiger partial charge in [-0.25, -0.2) is 4.79 Å².